The number of carbonyl (C=O) groups is 1. The third-order valence-electron chi connectivity index (χ3n) is 3.78. The second-order valence-electron chi connectivity index (χ2n) is 5.93. The number of alkyl halides is 3. The molecule has 0 saturated heterocycles. The number of hydrogen-bond acceptors (Lipinski definition) is 3. The third-order valence-corrected chi connectivity index (χ3v) is 3.78. The molecule has 1 rings (SSSR count). The zero-order chi connectivity index (χ0) is 15.9. The highest BCUT2D eigenvalue weighted by molar-refractivity contribution is 5.78. The van der Waals surface area contributed by atoms with Gasteiger partial charge in [0, 0.05) is 19.2 Å². The minimum atomic E-state index is -4.34. The van der Waals surface area contributed by atoms with Crippen molar-refractivity contribution in [3.8, 4) is 0 Å². The van der Waals surface area contributed by atoms with Gasteiger partial charge in [0.2, 0.25) is 5.91 Å². The first kappa shape index (κ1) is 18.2. The molecule has 0 bridgehead atoms. The second kappa shape index (κ2) is 8.58. The maximum absolute atomic E-state index is 12.4. The van der Waals surface area contributed by atoms with E-state index in [4.69, 9.17) is 5.11 Å². The summed E-state index contributed by atoms with van der Waals surface area (Å²) in [5.41, 5.74) is 0. The van der Waals surface area contributed by atoms with Crippen LogP contribution in [0, 0.1) is 5.92 Å². The van der Waals surface area contributed by atoms with E-state index in [0.29, 0.717) is 5.92 Å². The van der Waals surface area contributed by atoms with E-state index in [1.807, 2.05) is 0 Å². The van der Waals surface area contributed by atoms with E-state index in [2.05, 4.69) is 12.2 Å². The Balaban J connectivity index is 2.39. The molecule has 0 aromatic heterocycles. The van der Waals surface area contributed by atoms with Gasteiger partial charge in [-0.15, -0.1) is 0 Å². The number of aliphatic hydroxyl groups excluding tert-OH is 1. The maximum Gasteiger partial charge on any atom is 0.401 e. The molecule has 4 nitrogen and oxygen atoms in total. The maximum atomic E-state index is 12.4. The topological polar surface area (TPSA) is 52.6 Å². The molecule has 1 saturated carbocycles. The molecular formula is C14H25F3N2O2. The Morgan fingerprint density at radius 2 is 1.90 bits per heavy atom. The molecule has 21 heavy (non-hydrogen) atoms. The molecule has 0 aliphatic heterocycles. The summed E-state index contributed by atoms with van der Waals surface area (Å²) < 4.78 is 37.3. The van der Waals surface area contributed by atoms with E-state index in [1.54, 1.807) is 0 Å². The van der Waals surface area contributed by atoms with Gasteiger partial charge in [0.05, 0.1) is 13.1 Å². The molecule has 1 aliphatic rings. The Bertz CT molecular complexity index is 316. The van der Waals surface area contributed by atoms with E-state index in [0.717, 1.165) is 30.6 Å². The normalized spacial score (nSPS) is 23.3. The van der Waals surface area contributed by atoms with Gasteiger partial charge >= 0.3 is 6.18 Å². The van der Waals surface area contributed by atoms with Crippen LogP contribution >= 0.6 is 0 Å². The molecule has 7 heteroatoms. The molecule has 1 aliphatic carbocycles. The molecule has 1 amide bonds. The van der Waals surface area contributed by atoms with Crippen molar-refractivity contribution in [3.63, 3.8) is 0 Å². The third kappa shape index (κ3) is 8.26. The number of aliphatic hydroxyl groups is 1. The average Bonchev–Trinajstić information content (AvgIpc) is 2.37. The van der Waals surface area contributed by atoms with Crippen LogP contribution in [0.2, 0.25) is 0 Å². The van der Waals surface area contributed by atoms with Gasteiger partial charge in [0.15, 0.2) is 0 Å². The summed E-state index contributed by atoms with van der Waals surface area (Å²) in [5.74, 6) is 0.293. The lowest BCUT2D eigenvalue weighted by molar-refractivity contribution is -0.149. The Morgan fingerprint density at radius 3 is 2.43 bits per heavy atom. The number of halogens is 3. The molecule has 124 valence electrons. The number of nitrogens with one attached hydrogen (secondary N) is 1. The lowest BCUT2D eigenvalue weighted by atomic mass is 9.87. The van der Waals surface area contributed by atoms with Gasteiger partial charge < -0.3 is 10.4 Å². The number of carbonyl (C=O) groups excluding carboxylic acids is 1. The van der Waals surface area contributed by atoms with E-state index < -0.39 is 12.7 Å². The van der Waals surface area contributed by atoms with Crippen molar-refractivity contribution < 1.29 is 23.1 Å². The van der Waals surface area contributed by atoms with Crippen molar-refractivity contribution in [2.45, 2.75) is 51.2 Å². The van der Waals surface area contributed by atoms with Crippen LogP contribution in [-0.4, -0.2) is 54.4 Å². The van der Waals surface area contributed by atoms with Crippen molar-refractivity contribution in [2.75, 3.05) is 26.2 Å². The molecule has 0 aromatic carbocycles. The highest BCUT2D eigenvalue weighted by atomic mass is 19.4. The van der Waals surface area contributed by atoms with Gasteiger partial charge in [-0.3, -0.25) is 9.69 Å². The van der Waals surface area contributed by atoms with Crippen LogP contribution in [0.4, 0.5) is 13.2 Å². The molecule has 0 aromatic rings. The Hall–Kier alpha value is -0.820. The first-order valence-corrected chi connectivity index (χ1v) is 7.49. The van der Waals surface area contributed by atoms with Crippen LogP contribution < -0.4 is 5.32 Å². The largest absolute Gasteiger partial charge is 0.401 e. The van der Waals surface area contributed by atoms with Crippen LogP contribution in [0.15, 0.2) is 0 Å². The summed E-state index contributed by atoms with van der Waals surface area (Å²) in [6.07, 6.45) is -0.241. The SMILES string of the molecule is CC1CCC(NC(=O)CN(CCCO)CC(F)(F)F)CC1. The fourth-order valence-electron chi connectivity index (χ4n) is 2.64. The first-order chi connectivity index (χ1) is 9.80. The van der Waals surface area contributed by atoms with Crippen molar-refractivity contribution in [1.29, 1.82) is 0 Å². The lowest BCUT2D eigenvalue weighted by Crippen LogP contribution is -2.46. The highest BCUT2D eigenvalue weighted by Gasteiger charge is 2.31. The Kier molecular flexibility index (Phi) is 7.45. The van der Waals surface area contributed by atoms with Gasteiger partial charge in [0.1, 0.15) is 0 Å². The summed E-state index contributed by atoms with van der Waals surface area (Å²) in [5, 5.41) is 11.5. The van der Waals surface area contributed by atoms with Crippen molar-refractivity contribution in [2.24, 2.45) is 5.92 Å². The summed E-state index contributed by atoms with van der Waals surface area (Å²) in [6.45, 7) is 0.646. The zero-order valence-corrected chi connectivity index (χ0v) is 12.5. The minimum Gasteiger partial charge on any atom is -0.396 e. The summed E-state index contributed by atoms with van der Waals surface area (Å²) in [4.78, 5) is 12.9. The van der Waals surface area contributed by atoms with Crippen molar-refractivity contribution >= 4 is 5.91 Å². The number of rotatable bonds is 7. The molecule has 0 unspecified atom stereocenters. The van der Waals surface area contributed by atoms with E-state index in [1.165, 1.54) is 0 Å². The van der Waals surface area contributed by atoms with Crippen LogP contribution in [-0.2, 0) is 4.79 Å². The standard InChI is InChI=1S/C14H25F3N2O2/c1-11-3-5-12(6-4-11)18-13(21)9-19(7-2-8-20)10-14(15,16)17/h11-12,20H,2-10H2,1H3,(H,18,21). The van der Waals surface area contributed by atoms with Crippen molar-refractivity contribution in [1.82, 2.24) is 10.2 Å². The van der Waals surface area contributed by atoms with Gasteiger partial charge in [-0.05, 0) is 38.0 Å². The van der Waals surface area contributed by atoms with E-state index in [9.17, 15) is 18.0 Å². The van der Waals surface area contributed by atoms with Gasteiger partial charge in [-0.25, -0.2) is 0 Å². The second-order valence-corrected chi connectivity index (χ2v) is 5.93. The molecule has 0 spiro atoms. The summed E-state index contributed by atoms with van der Waals surface area (Å²) >= 11 is 0. The lowest BCUT2D eigenvalue weighted by Gasteiger charge is -2.28. The molecule has 0 atom stereocenters. The number of amides is 1. The molecule has 1 fully saturated rings. The fourth-order valence-corrected chi connectivity index (χ4v) is 2.64. The van der Waals surface area contributed by atoms with Crippen molar-refractivity contribution in [3.05, 3.63) is 0 Å². The van der Waals surface area contributed by atoms with Crippen LogP contribution in [0.1, 0.15) is 39.0 Å². The smallest absolute Gasteiger partial charge is 0.396 e. The number of nitrogens with zero attached hydrogens (tertiary/aromatic N) is 1. The zero-order valence-electron chi connectivity index (χ0n) is 12.5. The van der Waals surface area contributed by atoms with Crippen LogP contribution in [0.25, 0.3) is 0 Å². The van der Waals surface area contributed by atoms with E-state index >= 15 is 0 Å². The average molecular weight is 310 g/mol. The molecule has 0 radical (unpaired) electrons. The minimum absolute atomic E-state index is 0.0606. The molecular weight excluding hydrogens is 285 g/mol. The number of hydrogen-bond donors (Lipinski definition) is 2. The van der Waals surface area contributed by atoms with Gasteiger partial charge in [-0.2, -0.15) is 13.2 Å². The van der Waals surface area contributed by atoms with Gasteiger partial charge in [0.25, 0.3) is 0 Å². The molecule has 0 heterocycles. The Morgan fingerprint density at radius 1 is 1.29 bits per heavy atom. The monoisotopic (exact) mass is 310 g/mol. The van der Waals surface area contributed by atoms with Crippen LogP contribution in [0.3, 0.4) is 0 Å². The quantitative estimate of drug-likeness (QED) is 0.755. The first-order valence-electron chi connectivity index (χ1n) is 7.49. The summed E-state index contributed by atoms with van der Waals surface area (Å²) in [6, 6.07) is 0.0827. The fraction of sp³-hybridized carbons (Fsp3) is 0.929. The predicted molar refractivity (Wildman–Crippen MR) is 73.8 cm³/mol. The predicted octanol–water partition coefficient (Wildman–Crippen LogP) is 1.93. The highest BCUT2D eigenvalue weighted by Crippen LogP contribution is 2.23. The molecule has 2 N–H and O–H groups in total. The van der Waals surface area contributed by atoms with Gasteiger partial charge in [-0.1, -0.05) is 6.92 Å². The summed E-state index contributed by atoms with van der Waals surface area (Å²) in [7, 11) is 0. The van der Waals surface area contributed by atoms with Crippen LogP contribution in [0.5, 0.6) is 0 Å². The Labute approximate surface area is 123 Å². The van der Waals surface area contributed by atoms with E-state index in [-0.39, 0.29) is 38.1 Å².